The van der Waals surface area contributed by atoms with Crippen molar-refractivity contribution in [2.45, 2.75) is 26.4 Å². The molecule has 3 heterocycles. The van der Waals surface area contributed by atoms with Crippen molar-refractivity contribution in [1.82, 2.24) is 29.5 Å². The van der Waals surface area contributed by atoms with Gasteiger partial charge in [0, 0.05) is 23.7 Å². The molecule has 0 radical (unpaired) electrons. The third kappa shape index (κ3) is 3.10. The van der Waals surface area contributed by atoms with Crippen LogP contribution in [0.3, 0.4) is 0 Å². The molecule has 0 bridgehead atoms. The second kappa shape index (κ2) is 6.92. The molecule has 0 fully saturated rings. The van der Waals surface area contributed by atoms with E-state index >= 15 is 0 Å². The molecule has 0 spiro atoms. The molecule has 1 atom stereocenters. The Morgan fingerprint density at radius 2 is 2.19 bits per heavy atom. The van der Waals surface area contributed by atoms with Gasteiger partial charge in [-0.25, -0.2) is 19.0 Å². The monoisotopic (exact) mass is 384 g/mol. The van der Waals surface area contributed by atoms with Gasteiger partial charge in [-0.05, 0) is 26.0 Å². The molecule has 138 valence electrons. The molecule has 0 unspecified atom stereocenters. The van der Waals surface area contributed by atoms with E-state index in [0.29, 0.717) is 34.3 Å². The maximum Gasteiger partial charge on any atom is 0.269 e. The largest absolute Gasteiger partial charge is 0.341 e. The third-order valence-corrected chi connectivity index (χ3v) is 5.11. The number of amides is 1. The second-order valence-corrected chi connectivity index (χ2v) is 6.85. The number of fused-ring (bicyclic) bond motifs is 1. The summed E-state index contributed by atoms with van der Waals surface area (Å²) in [5.74, 6) is 0.0914. The molecule has 0 aliphatic rings. The molecule has 1 N–H and O–H groups in total. The van der Waals surface area contributed by atoms with E-state index in [0.717, 1.165) is 0 Å². The van der Waals surface area contributed by atoms with E-state index in [4.69, 9.17) is 0 Å². The van der Waals surface area contributed by atoms with Gasteiger partial charge in [0.15, 0.2) is 4.96 Å². The summed E-state index contributed by atoms with van der Waals surface area (Å²) in [5.41, 5.74) is 1.34. The lowest BCUT2D eigenvalue weighted by Crippen LogP contribution is -2.29. The number of imidazole rings is 1. The highest BCUT2D eigenvalue weighted by Gasteiger charge is 2.20. The molecule has 0 saturated carbocycles. The van der Waals surface area contributed by atoms with Crippen LogP contribution in [0.2, 0.25) is 0 Å². The topological polar surface area (TPSA) is 77.1 Å². The van der Waals surface area contributed by atoms with E-state index in [2.05, 4.69) is 20.4 Å². The second-order valence-electron chi connectivity index (χ2n) is 6.01. The Morgan fingerprint density at radius 1 is 1.37 bits per heavy atom. The maximum absolute atomic E-state index is 14.0. The number of thiazole rings is 1. The van der Waals surface area contributed by atoms with Crippen LogP contribution in [-0.4, -0.2) is 30.1 Å². The van der Waals surface area contributed by atoms with Gasteiger partial charge in [0.05, 0.1) is 11.7 Å². The summed E-state index contributed by atoms with van der Waals surface area (Å²) in [5, 5.41) is 8.80. The first-order chi connectivity index (χ1) is 13.1. The average molecular weight is 384 g/mol. The summed E-state index contributed by atoms with van der Waals surface area (Å²) < 4.78 is 17.4. The zero-order valence-corrected chi connectivity index (χ0v) is 15.6. The normalized spacial score (nSPS) is 12.4. The fraction of sp³-hybridized carbons (Fsp3) is 0.222. The predicted octanol–water partition coefficient (Wildman–Crippen LogP) is 3.30. The number of rotatable bonds is 5. The van der Waals surface area contributed by atoms with Gasteiger partial charge < -0.3 is 5.32 Å². The lowest BCUT2D eigenvalue weighted by atomic mass is 10.1. The molecule has 1 amide bonds. The van der Waals surface area contributed by atoms with Gasteiger partial charge in [-0.15, -0.1) is 11.3 Å². The summed E-state index contributed by atoms with van der Waals surface area (Å²) in [7, 11) is 0. The van der Waals surface area contributed by atoms with Crippen LogP contribution in [0.1, 0.15) is 36.2 Å². The quantitative estimate of drug-likeness (QED) is 0.573. The van der Waals surface area contributed by atoms with Gasteiger partial charge in [-0.3, -0.25) is 9.20 Å². The molecular weight excluding hydrogens is 367 g/mol. The lowest BCUT2D eigenvalue weighted by Gasteiger charge is -2.13. The summed E-state index contributed by atoms with van der Waals surface area (Å²) in [4.78, 5) is 22.0. The first-order valence-electron chi connectivity index (χ1n) is 8.48. The van der Waals surface area contributed by atoms with Crippen molar-refractivity contribution in [3.8, 4) is 11.3 Å². The van der Waals surface area contributed by atoms with E-state index in [1.54, 1.807) is 38.9 Å². The van der Waals surface area contributed by atoms with Crippen LogP contribution >= 0.6 is 11.3 Å². The third-order valence-electron chi connectivity index (χ3n) is 4.27. The minimum absolute atomic E-state index is 0.253. The molecule has 9 heteroatoms. The number of hydrogen-bond acceptors (Lipinski definition) is 5. The Bertz CT molecular complexity index is 1110. The minimum Gasteiger partial charge on any atom is -0.341 e. The number of nitrogens with zero attached hydrogens (tertiary/aromatic N) is 5. The number of halogens is 1. The van der Waals surface area contributed by atoms with E-state index in [9.17, 15) is 9.18 Å². The SMILES string of the molecule is CCn1ncnc1[C@@H](C)NC(=O)c1csc2nc(-c3ccccc3F)cn12. The van der Waals surface area contributed by atoms with Crippen molar-refractivity contribution in [3.63, 3.8) is 0 Å². The molecule has 0 saturated heterocycles. The van der Waals surface area contributed by atoms with Crippen LogP contribution in [0.15, 0.2) is 42.2 Å². The smallest absolute Gasteiger partial charge is 0.269 e. The molecular formula is C18H17FN6OS. The zero-order valence-electron chi connectivity index (χ0n) is 14.8. The lowest BCUT2D eigenvalue weighted by molar-refractivity contribution is 0.0931. The fourth-order valence-corrected chi connectivity index (χ4v) is 3.79. The highest BCUT2D eigenvalue weighted by atomic mass is 32.1. The minimum atomic E-state index is -0.346. The van der Waals surface area contributed by atoms with Crippen LogP contribution in [0.5, 0.6) is 0 Å². The van der Waals surface area contributed by atoms with Crippen LogP contribution in [0, 0.1) is 5.82 Å². The van der Waals surface area contributed by atoms with Gasteiger partial charge >= 0.3 is 0 Å². The summed E-state index contributed by atoms with van der Waals surface area (Å²) in [6.45, 7) is 4.49. The van der Waals surface area contributed by atoms with Crippen LogP contribution < -0.4 is 5.32 Å². The molecule has 1 aromatic carbocycles. The standard InChI is InChI=1S/C18H17FN6OS/c1-3-25-16(20-10-21-25)11(2)22-17(26)15-9-27-18-23-14(8-24(15)18)12-6-4-5-7-13(12)19/h4-11H,3H2,1-2H3,(H,22,26)/t11-/m1/s1. The Hall–Kier alpha value is -3.07. The van der Waals surface area contributed by atoms with Crippen LogP contribution in [0.25, 0.3) is 16.2 Å². The molecule has 3 aromatic heterocycles. The molecule has 27 heavy (non-hydrogen) atoms. The van der Waals surface area contributed by atoms with Crippen molar-refractivity contribution in [3.05, 3.63) is 59.5 Å². The fourth-order valence-electron chi connectivity index (χ4n) is 2.93. The first kappa shape index (κ1) is 17.3. The number of carbonyl (C=O) groups is 1. The highest BCUT2D eigenvalue weighted by molar-refractivity contribution is 7.15. The van der Waals surface area contributed by atoms with Gasteiger partial charge in [0.25, 0.3) is 5.91 Å². The van der Waals surface area contributed by atoms with E-state index < -0.39 is 0 Å². The number of benzene rings is 1. The number of carbonyl (C=O) groups excluding carboxylic acids is 1. The van der Waals surface area contributed by atoms with E-state index in [1.165, 1.54) is 23.7 Å². The Balaban J connectivity index is 1.62. The molecule has 0 aliphatic heterocycles. The van der Waals surface area contributed by atoms with Gasteiger partial charge in [-0.1, -0.05) is 12.1 Å². The van der Waals surface area contributed by atoms with Gasteiger partial charge in [-0.2, -0.15) is 5.10 Å². The zero-order chi connectivity index (χ0) is 19.0. The number of hydrogen-bond donors (Lipinski definition) is 1. The molecule has 0 aliphatic carbocycles. The van der Waals surface area contributed by atoms with Gasteiger partial charge in [0.1, 0.15) is 23.7 Å². The van der Waals surface area contributed by atoms with E-state index in [-0.39, 0.29) is 17.8 Å². The maximum atomic E-state index is 14.0. The van der Waals surface area contributed by atoms with Crippen molar-refractivity contribution >= 4 is 22.2 Å². The molecule has 4 rings (SSSR count). The first-order valence-corrected chi connectivity index (χ1v) is 9.36. The van der Waals surface area contributed by atoms with Crippen molar-refractivity contribution in [1.29, 1.82) is 0 Å². The number of aryl methyl sites for hydroxylation is 1. The predicted molar refractivity (Wildman–Crippen MR) is 100 cm³/mol. The van der Waals surface area contributed by atoms with Crippen molar-refractivity contribution in [2.75, 3.05) is 0 Å². The summed E-state index contributed by atoms with van der Waals surface area (Å²) in [6, 6.07) is 6.14. The van der Waals surface area contributed by atoms with Crippen molar-refractivity contribution < 1.29 is 9.18 Å². The van der Waals surface area contributed by atoms with Crippen LogP contribution in [0.4, 0.5) is 4.39 Å². The number of nitrogens with one attached hydrogen (secondary N) is 1. The average Bonchev–Trinajstić information content (AvgIpc) is 3.36. The Labute approximate surface area is 158 Å². The molecule has 4 aromatic rings. The Morgan fingerprint density at radius 3 is 2.96 bits per heavy atom. The Kier molecular flexibility index (Phi) is 4.44. The number of aromatic nitrogens is 5. The van der Waals surface area contributed by atoms with E-state index in [1.807, 2.05) is 13.8 Å². The highest BCUT2D eigenvalue weighted by Crippen LogP contribution is 2.25. The van der Waals surface area contributed by atoms with Crippen molar-refractivity contribution in [2.24, 2.45) is 0 Å². The van der Waals surface area contributed by atoms with Crippen LogP contribution in [-0.2, 0) is 6.54 Å². The summed E-state index contributed by atoms with van der Waals surface area (Å²) in [6.07, 6.45) is 3.15. The molecule has 7 nitrogen and oxygen atoms in total. The van der Waals surface area contributed by atoms with Gasteiger partial charge in [0.2, 0.25) is 0 Å². The summed E-state index contributed by atoms with van der Waals surface area (Å²) >= 11 is 1.33.